The van der Waals surface area contributed by atoms with Gasteiger partial charge in [-0.05, 0) is 38.5 Å². The molecular weight excluding hydrogens is 264 g/mol. The van der Waals surface area contributed by atoms with E-state index in [2.05, 4.69) is 19.2 Å². The Kier molecular flexibility index (Phi) is 5.65. The molecular formula is C17H30N2O2. The van der Waals surface area contributed by atoms with E-state index in [1.807, 2.05) is 4.90 Å². The standard InChI is InChI=1S/C17H30N2O2/c1-3-12-19(13-4-2)16(21)17(10-11-17)15(20)18-14-8-6-5-7-9-14/h14H,3-13H2,1-2H3,(H,18,20). The monoisotopic (exact) mass is 294 g/mol. The number of carbonyl (C=O) groups excluding carboxylic acids is 2. The maximum absolute atomic E-state index is 12.8. The molecule has 2 fully saturated rings. The van der Waals surface area contributed by atoms with E-state index >= 15 is 0 Å². The van der Waals surface area contributed by atoms with E-state index in [9.17, 15) is 9.59 Å². The Morgan fingerprint density at radius 2 is 1.62 bits per heavy atom. The van der Waals surface area contributed by atoms with Crippen molar-refractivity contribution in [2.24, 2.45) is 5.41 Å². The third-order valence-corrected chi connectivity index (χ3v) is 4.81. The summed E-state index contributed by atoms with van der Waals surface area (Å²) >= 11 is 0. The van der Waals surface area contributed by atoms with Gasteiger partial charge in [0.25, 0.3) is 0 Å². The summed E-state index contributed by atoms with van der Waals surface area (Å²) in [5.74, 6) is 0.0658. The average molecular weight is 294 g/mol. The molecule has 2 amide bonds. The first-order valence-corrected chi connectivity index (χ1v) is 8.74. The van der Waals surface area contributed by atoms with Crippen LogP contribution in [0.15, 0.2) is 0 Å². The molecule has 4 heteroatoms. The molecule has 4 nitrogen and oxygen atoms in total. The second-order valence-electron chi connectivity index (χ2n) is 6.68. The van der Waals surface area contributed by atoms with Crippen molar-refractivity contribution < 1.29 is 9.59 Å². The van der Waals surface area contributed by atoms with Crippen LogP contribution < -0.4 is 5.32 Å². The van der Waals surface area contributed by atoms with Crippen molar-refractivity contribution in [1.82, 2.24) is 10.2 Å². The molecule has 0 aromatic heterocycles. The van der Waals surface area contributed by atoms with Gasteiger partial charge in [-0.2, -0.15) is 0 Å². The summed E-state index contributed by atoms with van der Waals surface area (Å²) in [6, 6.07) is 0.294. The first kappa shape index (κ1) is 16.3. The van der Waals surface area contributed by atoms with Crippen molar-refractivity contribution in [2.45, 2.75) is 77.7 Å². The first-order valence-electron chi connectivity index (χ1n) is 8.74. The number of amides is 2. The molecule has 2 saturated carbocycles. The van der Waals surface area contributed by atoms with Gasteiger partial charge in [-0.1, -0.05) is 33.1 Å². The molecule has 2 aliphatic rings. The zero-order valence-corrected chi connectivity index (χ0v) is 13.6. The highest BCUT2D eigenvalue weighted by atomic mass is 16.2. The summed E-state index contributed by atoms with van der Waals surface area (Å²) in [6.07, 6.45) is 9.18. The molecule has 0 aliphatic heterocycles. The summed E-state index contributed by atoms with van der Waals surface area (Å²) in [7, 11) is 0. The second-order valence-corrected chi connectivity index (χ2v) is 6.68. The van der Waals surface area contributed by atoms with E-state index in [1.165, 1.54) is 19.3 Å². The van der Waals surface area contributed by atoms with Crippen LogP contribution in [-0.4, -0.2) is 35.8 Å². The molecule has 0 unspecified atom stereocenters. The van der Waals surface area contributed by atoms with Crippen LogP contribution in [0.1, 0.15) is 71.6 Å². The van der Waals surface area contributed by atoms with Crippen LogP contribution >= 0.6 is 0 Å². The topological polar surface area (TPSA) is 49.4 Å². The quantitative estimate of drug-likeness (QED) is 0.734. The van der Waals surface area contributed by atoms with Gasteiger partial charge in [-0.15, -0.1) is 0 Å². The van der Waals surface area contributed by atoms with E-state index in [4.69, 9.17) is 0 Å². The van der Waals surface area contributed by atoms with Gasteiger partial charge in [0, 0.05) is 19.1 Å². The van der Waals surface area contributed by atoms with Crippen molar-refractivity contribution in [3.8, 4) is 0 Å². The van der Waals surface area contributed by atoms with Crippen molar-refractivity contribution in [3.63, 3.8) is 0 Å². The Morgan fingerprint density at radius 3 is 2.10 bits per heavy atom. The predicted octanol–water partition coefficient (Wildman–Crippen LogP) is 2.86. The summed E-state index contributed by atoms with van der Waals surface area (Å²) in [5, 5.41) is 3.16. The molecule has 0 aromatic rings. The molecule has 0 saturated heterocycles. The van der Waals surface area contributed by atoms with Crippen LogP contribution in [0.2, 0.25) is 0 Å². The fourth-order valence-corrected chi connectivity index (χ4v) is 3.39. The van der Waals surface area contributed by atoms with E-state index in [0.29, 0.717) is 6.04 Å². The maximum atomic E-state index is 12.8. The zero-order valence-electron chi connectivity index (χ0n) is 13.6. The normalized spacial score (nSPS) is 20.9. The molecule has 2 rings (SSSR count). The highest BCUT2D eigenvalue weighted by molar-refractivity contribution is 6.07. The van der Waals surface area contributed by atoms with Gasteiger partial charge in [0.15, 0.2) is 0 Å². The summed E-state index contributed by atoms with van der Waals surface area (Å²) in [4.78, 5) is 27.2. The summed E-state index contributed by atoms with van der Waals surface area (Å²) < 4.78 is 0. The lowest BCUT2D eigenvalue weighted by Gasteiger charge is -2.29. The Balaban J connectivity index is 1.95. The van der Waals surface area contributed by atoms with E-state index < -0.39 is 5.41 Å². The fraction of sp³-hybridized carbons (Fsp3) is 0.882. The Morgan fingerprint density at radius 1 is 1.05 bits per heavy atom. The van der Waals surface area contributed by atoms with Gasteiger partial charge in [-0.3, -0.25) is 9.59 Å². The summed E-state index contributed by atoms with van der Waals surface area (Å²) in [6.45, 7) is 5.70. The molecule has 0 aromatic carbocycles. The van der Waals surface area contributed by atoms with Crippen LogP contribution in [-0.2, 0) is 9.59 Å². The first-order chi connectivity index (χ1) is 10.1. The fourth-order valence-electron chi connectivity index (χ4n) is 3.39. The second kappa shape index (κ2) is 7.28. The smallest absolute Gasteiger partial charge is 0.238 e. The van der Waals surface area contributed by atoms with Crippen molar-refractivity contribution in [3.05, 3.63) is 0 Å². The van der Waals surface area contributed by atoms with Gasteiger partial charge in [0.2, 0.25) is 11.8 Å². The highest BCUT2D eigenvalue weighted by Gasteiger charge is 2.58. The number of hydrogen-bond donors (Lipinski definition) is 1. The number of nitrogens with one attached hydrogen (secondary N) is 1. The van der Waals surface area contributed by atoms with Gasteiger partial charge < -0.3 is 10.2 Å². The molecule has 0 atom stereocenters. The molecule has 120 valence electrons. The third kappa shape index (κ3) is 3.78. The predicted molar refractivity (Wildman–Crippen MR) is 83.8 cm³/mol. The van der Waals surface area contributed by atoms with Crippen LogP contribution in [0.25, 0.3) is 0 Å². The molecule has 0 bridgehead atoms. The van der Waals surface area contributed by atoms with Crippen molar-refractivity contribution >= 4 is 11.8 Å². The van der Waals surface area contributed by atoms with Crippen LogP contribution in [0, 0.1) is 5.41 Å². The lowest BCUT2D eigenvalue weighted by atomic mass is 9.94. The van der Waals surface area contributed by atoms with E-state index in [0.717, 1.165) is 51.6 Å². The molecule has 21 heavy (non-hydrogen) atoms. The van der Waals surface area contributed by atoms with Gasteiger partial charge in [0.05, 0.1) is 0 Å². The van der Waals surface area contributed by atoms with Gasteiger partial charge in [-0.25, -0.2) is 0 Å². The minimum Gasteiger partial charge on any atom is -0.352 e. The molecule has 2 aliphatic carbocycles. The number of rotatable bonds is 7. The summed E-state index contributed by atoms with van der Waals surface area (Å²) in [5.41, 5.74) is -0.720. The number of nitrogens with zero attached hydrogens (tertiary/aromatic N) is 1. The van der Waals surface area contributed by atoms with Gasteiger partial charge in [0.1, 0.15) is 5.41 Å². The third-order valence-electron chi connectivity index (χ3n) is 4.81. The van der Waals surface area contributed by atoms with Crippen LogP contribution in [0.4, 0.5) is 0 Å². The lowest BCUT2D eigenvalue weighted by molar-refractivity contribution is -0.144. The van der Waals surface area contributed by atoms with E-state index in [-0.39, 0.29) is 11.8 Å². The maximum Gasteiger partial charge on any atom is 0.238 e. The Bertz CT molecular complexity index is 365. The highest BCUT2D eigenvalue weighted by Crippen LogP contribution is 2.47. The Hall–Kier alpha value is -1.06. The van der Waals surface area contributed by atoms with Crippen molar-refractivity contribution in [2.75, 3.05) is 13.1 Å². The van der Waals surface area contributed by atoms with E-state index in [1.54, 1.807) is 0 Å². The zero-order chi connectivity index (χ0) is 15.3. The minimum atomic E-state index is -0.720. The molecule has 0 radical (unpaired) electrons. The van der Waals surface area contributed by atoms with Gasteiger partial charge >= 0.3 is 0 Å². The van der Waals surface area contributed by atoms with Crippen LogP contribution in [0.5, 0.6) is 0 Å². The number of hydrogen-bond acceptors (Lipinski definition) is 2. The molecule has 0 heterocycles. The van der Waals surface area contributed by atoms with Crippen LogP contribution in [0.3, 0.4) is 0 Å². The minimum absolute atomic E-state index is 0.00314. The van der Waals surface area contributed by atoms with Crippen molar-refractivity contribution in [1.29, 1.82) is 0 Å². The number of carbonyl (C=O) groups is 2. The average Bonchev–Trinajstić information content (AvgIpc) is 3.29. The largest absolute Gasteiger partial charge is 0.352 e. The molecule has 1 N–H and O–H groups in total. The lowest BCUT2D eigenvalue weighted by Crippen LogP contribution is -2.48. The molecule has 0 spiro atoms. The Labute approximate surface area is 128 Å². The SMILES string of the molecule is CCCN(CCC)C(=O)C1(C(=O)NC2CCCCC2)CC1.